The quantitative estimate of drug-likeness (QED) is 0.600. The maximum absolute atomic E-state index is 11.2. The summed E-state index contributed by atoms with van der Waals surface area (Å²) < 4.78 is 54.6. The highest BCUT2D eigenvalue weighted by atomic mass is 32.2. The molecule has 0 saturated carbocycles. The highest BCUT2D eigenvalue weighted by molar-refractivity contribution is 7.93. The van der Waals surface area contributed by atoms with Gasteiger partial charge in [-0.25, -0.2) is 27.1 Å². The number of hydrogen-bond donors (Lipinski definition) is 2. The summed E-state index contributed by atoms with van der Waals surface area (Å²) in [6, 6.07) is 6.88. The number of primary sulfonamides is 2. The van der Waals surface area contributed by atoms with Crippen molar-refractivity contribution >= 4 is 25.6 Å². The van der Waals surface area contributed by atoms with Crippen LogP contribution < -0.4 is 19.8 Å². The predicted molar refractivity (Wildman–Crippen MR) is 124 cm³/mol. The molecule has 2 rings (SSSR count). The SMILES string of the molecule is COc1ccc(/C(C)=C(\C)S(N)(=O)=O)nc1.COc1ccc([C@@H](C)[C@H](C)S(N)(=O)=O)nc1. The minimum Gasteiger partial charge on any atom is -0.495 e. The van der Waals surface area contributed by atoms with Crippen LogP contribution in [0, 0.1) is 0 Å². The van der Waals surface area contributed by atoms with Crippen LogP contribution in [0.4, 0.5) is 0 Å². The van der Waals surface area contributed by atoms with E-state index in [1.54, 1.807) is 58.3 Å². The number of allylic oxidation sites excluding steroid dienone is 2. The van der Waals surface area contributed by atoms with E-state index in [0.717, 1.165) is 0 Å². The van der Waals surface area contributed by atoms with Gasteiger partial charge in [0, 0.05) is 11.6 Å². The van der Waals surface area contributed by atoms with Crippen LogP contribution in [0.1, 0.15) is 45.0 Å². The van der Waals surface area contributed by atoms with E-state index >= 15 is 0 Å². The Kier molecular flexibility index (Phi) is 9.76. The summed E-state index contributed by atoms with van der Waals surface area (Å²) in [5.74, 6) is 1.00. The average molecular weight is 487 g/mol. The van der Waals surface area contributed by atoms with Crippen molar-refractivity contribution in [2.24, 2.45) is 10.3 Å². The molecule has 0 aliphatic heterocycles. The molecule has 32 heavy (non-hydrogen) atoms. The fourth-order valence-corrected chi connectivity index (χ4v) is 3.66. The van der Waals surface area contributed by atoms with Crippen LogP contribution in [-0.2, 0) is 20.0 Å². The maximum atomic E-state index is 11.2. The van der Waals surface area contributed by atoms with E-state index in [9.17, 15) is 16.8 Å². The third-order valence-electron chi connectivity index (χ3n) is 4.99. The molecule has 12 heteroatoms. The number of aromatic nitrogens is 2. The molecule has 4 N–H and O–H groups in total. The molecule has 0 aliphatic rings. The normalized spacial score (nSPS) is 14.4. The summed E-state index contributed by atoms with van der Waals surface area (Å²) in [7, 11) is -4.11. The van der Waals surface area contributed by atoms with Gasteiger partial charge in [0.2, 0.25) is 20.0 Å². The van der Waals surface area contributed by atoms with Gasteiger partial charge in [0.15, 0.2) is 0 Å². The van der Waals surface area contributed by atoms with Gasteiger partial charge >= 0.3 is 0 Å². The number of methoxy groups -OCH3 is 2. The zero-order valence-corrected chi connectivity index (χ0v) is 20.6. The van der Waals surface area contributed by atoms with Crippen LogP contribution in [0.2, 0.25) is 0 Å². The molecule has 0 aromatic carbocycles. The lowest BCUT2D eigenvalue weighted by Crippen LogP contribution is -2.30. The molecule has 0 bridgehead atoms. The van der Waals surface area contributed by atoms with E-state index in [1.165, 1.54) is 20.2 Å². The van der Waals surface area contributed by atoms with Crippen molar-refractivity contribution in [2.75, 3.05) is 14.2 Å². The van der Waals surface area contributed by atoms with Gasteiger partial charge in [-0.3, -0.25) is 9.97 Å². The van der Waals surface area contributed by atoms with Crippen LogP contribution in [0.15, 0.2) is 41.6 Å². The molecule has 178 valence electrons. The number of hydrogen-bond acceptors (Lipinski definition) is 8. The molecular weight excluding hydrogens is 456 g/mol. The lowest BCUT2D eigenvalue weighted by atomic mass is 10.0. The summed E-state index contributed by atoms with van der Waals surface area (Å²) in [5, 5.41) is 9.47. The summed E-state index contributed by atoms with van der Waals surface area (Å²) >= 11 is 0. The Bertz CT molecular complexity index is 1130. The summed E-state index contributed by atoms with van der Waals surface area (Å²) in [6.45, 7) is 6.47. The second kappa shape index (κ2) is 11.4. The van der Waals surface area contributed by atoms with Gasteiger partial charge < -0.3 is 9.47 Å². The highest BCUT2D eigenvalue weighted by Crippen LogP contribution is 2.22. The lowest BCUT2D eigenvalue weighted by molar-refractivity contribution is 0.412. The third-order valence-corrected chi connectivity index (χ3v) is 7.60. The maximum Gasteiger partial charge on any atom is 0.234 e. The van der Waals surface area contributed by atoms with Crippen molar-refractivity contribution < 1.29 is 26.3 Å². The van der Waals surface area contributed by atoms with Crippen molar-refractivity contribution in [3.63, 3.8) is 0 Å². The smallest absolute Gasteiger partial charge is 0.234 e. The standard InChI is InChI=1S/C10H16N2O3S.C10H14N2O3S/c2*1-7(8(2)16(11,13)14)10-5-4-9(15-3)6-12-10/h4-8H,1-3H3,(H2,11,13,14);4-6H,1-3H3,(H2,11,13,14)/b;8-7+/t7-,8-;/m0./s1. The molecule has 0 unspecified atom stereocenters. The van der Waals surface area contributed by atoms with Crippen molar-refractivity contribution in [1.29, 1.82) is 0 Å². The van der Waals surface area contributed by atoms with Crippen LogP contribution in [0.5, 0.6) is 11.5 Å². The molecule has 0 amide bonds. The van der Waals surface area contributed by atoms with Gasteiger partial charge in [-0.1, -0.05) is 6.92 Å². The number of rotatable bonds is 7. The van der Waals surface area contributed by atoms with Gasteiger partial charge in [0.05, 0.1) is 42.5 Å². The molecule has 0 fully saturated rings. The van der Waals surface area contributed by atoms with E-state index < -0.39 is 25.3 Å². The second-order valence-corrected chi connectivity index (χ2v) is 10.6. The molecule has 2 heterocycles. The van der Waals surface area contributed by atoms with Crippen LogP contribution in [-0.4, -0.2) is 46.3 Å². The van der Waals surface area contributed by atoms with Gasteiger partial charge in [-0.05, 0) is 50.6 Å². The zero-order valence-electron chi connectivity index (χ0n) is 18.9. The predicted octanol–water partition coefficient (Wildman–Crippen LogP) is 2.00. The minimum atomic E-state index is -3.66. The number of nitrogens with zero attached hydrogens (tertiary/aromatic N) is 2. The van der Waals surface area contributed by atoms with Crippen molar-refractivity contribution in [1.82, 2.24) is 9.97 Å². The van der Waals surface area contributed by atoms with E-state index in [4.69, 9.17) is 19.8 Å². The summed E-state index contributed by atoms with van der Waals surface area (Å²) in [5.41, 5.74) is 1.78. The monoisotopic (exact) mass is 486 g/mol. The molecular formula is C20H30N4O6S2. The Hall–Kier alpha value is -2.54. The number of ether oxygens (including phenoxy) is 2. The van der Waals surface area contributed by atoms with Crippen LogP contribution >= 0.6 is 0 Å². The van der Waals surface area contributed by atoms with E-state index in [-0.39, 0.29) is 10.8 Å². The van der Waals surface area contributed by atoms with Crippen molar-refractivity contribution in [2.45, 2.75) is 38.9 Å². The molecule has 2 aromatic heterocycles. The van der Waals surface area contributed by atoms with Gasteiger partial charge in [0.1, 0.15) is 11.5 Å². The summed E-state index contributed by atoms with van der Waals surface area (Å²) in [4.78, 5) is 8.34. The molecule has 0 radical (unpaired) electrons. The fourth-order valence-electron chi connectivity index (χ4n) is 2.42. The molecule has 0 aliphatic carbocycles. The Morgan fingerprint density at radius 1 is 0.875 bits per heavy atom. The molecule has 0 spiro atoms. The Morgan fingerprint density at radius 3 is 1.72 bits per heavy atom. The van der Waals surface area contributed by atoms with E-state index in [0.29, 0.717) is 28.5 Å². The fraction of sp³-hybridized carbons (Fsp3) is 0.400. The molecule has 2 aromatic rings. The van der Waals surface area contributed by atoms with Crippen LogP contribution in [0.3, 0.4) is 0 Å². The Labute approximate surface area is 189 Å². The third kappa shape index (κ3) is 7.86. The first-order valence-electron chi connectivity index (χ1n) is 9.44. The second-order valence-electron chi connectivity index (χ2n) is 7.02. The number of nitrogens with two attached hydrogens (primary N) is 2. The van der Waals surface area contributed by atoms with E-state index in [1.807, 2.05) is 0 Å². The van der Waals surface area contributed by atoms with Gasteiger partial charge in [-0.2, -0.15) is 0 Å². The molecule has 10 nitrogen and oxygen atoms in total. The van der Waals surface area contributed by atoms with Crippen molar-refractivity contribution in [3.8, 4) is 11.5 Å². The highest BCUT2D eigenvalue weighted by Gasteiger charge is 2.25. The average Bonchev–Trinajstić information content (AvgIpc) is 2.76. The molecule has 2 atom stereocenters. The van der Waals surface area contributed by atoms with E-state index in [2.05, 4.69) is 9.97 Å². The van der Waals surface area contributed by atoms with Gasteiger partial charge in [0.25, 0.3) is 0 Å². The summed E-state index contributed by atoms with van der Waals surface area (Å²) in [6.07, 6.45) is 3.08. The number of sulfonamides is 2. The van der Waals surface area contributed by atoms with Gasteiger partial charge in [-0.15, -0.1) is 0 Å². The zero-order chi connectivity index (χ0) is 24.7. The lowest BCUT2D eigenvalue weighted by Gasteiger charge is -2.17. The number of pyridine rings is 2. The first-order valence-corrected chi connectivity index (χ1v) is 12.6. The first-order chi connectivity index (χ1) is 14.7. The molecule has 0 saturated heterocycles. The first kappa shape index (κ1) is 27.5. The minimum absolute atomic E-state index is 0.116. The Balaban J connectivity index is 0.000000320. The topological polar surface area (TPSA) is 165 Å². The largest absolute Gasteiger partial charge is 0.495 e. The van der Waals surface area contributed by atoms with Crippen molar-refractivity contribution in [3.05, 3.63) is 53.0 Å². The van der Waals surface area contributed by atoms with Crippen LogP contribution in [0.25, 0.3) is 5.57 Å². The Morgan fingerprint density at radius 2 is 1.38 bits per heavy atom.